The van der Waals surface area contributed by atoms with Gasteiger partial charge < -0.3 is 9.80 Å². The Labute approximate surface area is 416 Å². The smallest absolute Gasteiger partial charge is 0.252 e. The lowest BCUT2D eigenvalue weighted by Crippen LogP contribution is -2.62. The van der Waals surface area contributed by atoms with Gasteiger partial charge in [0.25, 0.3) is 6.71 Å². The van der Waals surface area contributed by atoms with Gasteiger partial charge in [-0.25, -0.2) is 0 Å². The van der Waals surface area contributed by atoms with Crippen molar-refractivity contribution in [2.24, 2.45) is 0 Å². The number of fused-ring (bicyclic) bond motifs is 10. The average Bonchev–Trinajstić information content (AvgIpc) is 3.74. The molecule has 0 fully saturated rings. The SMILES string of the molecule is [2H]C([2H])([2H])c1cc2c3c(c1)N(c1cc(C(C)(C)C)c4sc5ccccc5c4c1)c1cc4c(cc1B3c1cc3c(cc1N2c1ccc2c(c1)C(C)(C)CCC2(C)C)C(C)(C)CCC3(C)C)C(C)(C)CC4(C)C. The first-order valence-corrected chi connectivity index (χ1v) is 26.5. The van der Waals surface area contributed by atoms with Gasteiger partial charge in [0.05, 0.1) is 0 Å². The van der Waals surface area contributed by atoms with Gasteiger partial charge in [-0.05, 0) is 192 Å². The fourth-order valence-electron chi connectivity index (χ4n) is 14.3. The van der Waals surface area contributed by atoms with E-state index in [1.54, 1.807) is 0 Å². The number of hydrogen-bond acceptors (Lipinski definition) is 3. The summed E-state index contributed by atoms with van der Waals surface area (Å²) >= 11 is 1.89. The molecular weight excluding hydrogens is 840 g/mol. The first-order chi connectivity index (χ1) is 32.9. The molecule has 1 aromatic heterocycles. The largest absolute Gasteiger partial charge is 0.311 e. The standard InChI is InChI=1S/C64H73BN2S/c1-37-27-53-56-54(28-37)67(39-29-41-40-19-17-18-20-55(40)68-57(41)48(31-39)58(2,3)4)52-35-47-45(63(13,14)36-64(47,15)16)33-50(52)65(56)49-32-44-46(62(11,12)26-25-61(44,9)10)34-51(49)66(53)38-21-22-42-43(30-38)60(7,8)24-23-59(42,5)6/h17-22,27-35H,23-26,36H2,1-16H3/i1D3. The maximum absolute atomic E-state index is 9.29. The van der Waals surface area contributed by atoms with Crippen LogP contribution in [-0.2, 0) is 37.9 Å². The van der Waals surface area contributed by atoms with Crippen LogP contribution in [0.3, 0.4) is 0 Å². The maximum atomic E-state index is 9.29. The third-order valence-corrected chi connectivity index (χ3v) is 19.4. The first-order valence-electron chi connectivity index (χ1n) is 27.2. The number of nitrogens with zero attached hydrogens (tertiary/aromatic N) is 2. The van der Waals surface area contributed by atoms with E-state index in [0.717, 1.165) is 60.5 Å². The molecule has 68 heavy (non-hydrogen) atoms. The summed E-state index contributed by atoms with van der Waals surface area (Å²) in [6.45, 7) is 33.6. The zero-order valence-corrected chi connectivity index (χ0v) is 44.4. The minimum Gasteiger partial charge on any atom is -0.311 e. The van der Waals surface area contributed by atoms with Crippen molar-refractivity contribution < 1.29 is 4.11 Å². The van der Waals surface area contributed by atoms with Gasteiger partial charge in [-0.3, -0.25) is 0 Å². The van der Waals surface area contributed by atoms with Crippen molar-refractivity contribution in [3.63, 3.8) is 0 Å². The summed E-state index contributed by atoms with van der Waals surface area (Å²) in [5.41, 5.74) is 20.2. The van der Waals surface area contributed by atoms with E-state index in [4.69, 9.17) is 0 Å². The van der Waals surface area contributed by atoms with E-state index >= 15 is 0 Å². The summed E-state index contributed by atoms with van der Waals surface area (Å²) in [6, 6.07) is 35.4. The number of thiophene rings is 1. The van der Waals surface area contributed by atoms with Crippen molar-refractivity contribution in [3.05, 3.63) is 136 Å². The molecule has 0 saturated heterocycles. The van der Waals surface area contributed by atoms with E-state index in [9.17, 15) is 4.11 Å². The van der Waals surface area contributed by atoms with Crippen molar-refractivity contribution in [2.75, 3.05) is 9.80 Å². The fraction of sp³-hybridized carbons (Fsp3) is 0.438. The van der Waals surface area contributed by atoms with E-state index < -0.39 is 6.85 Å². The first kappa shape index (κ1) is 41.0. The van der Waals surface area contributed by atoms with Crippen molar-refractivity contribution >= 4 is 88.7 Å². The van der Waals surface area contributed by atoms with Crippen LogP contribution in [0, 0.1) is 6.85 Å². The maximum Gasteiger partial charge on any atom is 0.252 e. The van der Waals surface area contributed by atoms with Crippen LogP contribution in [-0.4, -0.2) is 6.71 Å². The molecule has 0 unspecified atom stereocenters. The van der Waals surface area contributed by atoms with Crippen molar-refractivity contribution in [2.45, 2.75) is 181 Å². The predicted octanol–water partition coefficient (Wildman–Crippen LogP) is 16.4. The Morgan fingerprint density at radius 3 is 1.57 bits per heavy atom. The van der Waals surface area contributed by atoms with Crippen LogP contribution in [0.1, 0.15) is 185 Å². The van der Waals surface area contributed by atoms with E-state index in [-0.39, 0.29) is 44.6 Å². The molecule has 12 rings (SSSR count). The molecule has 0 N–H and O–H groups in total. The Bertz CT molecular complexity index is 3460. The second-order valence-electron chi connectivity index (χ2n) is 26.9. The fourth-order valence-corrected chi connectivity index (χ4v) is 15.7. The molecule has 0 atom stereocenters. The van der Waals surface area contributed by atoms with E-state index in [2.05, 4.69) is 205 Å². The molecule has 0 bridgehead atoms. The zero-order valence-electron chi connectivity index (χ0n) is 46.6. The highest BCUT2D eigenvalue weighted by Crippen LogP contribution is 2.56. The summed E-state index contributed by atoms with van der Waals surface area (Å²) in [4.78, 5) is 5.02. The Hall–Kier alpha value is -4.80. The quantitative estimate of drug-likeness (QED) is 0.159. The van der Waals surface area contributed by atoms with Crippen LogP contribution in [0.25, 0.3) is 20.2 Å². The van der Waals surface area contributed by atoms with E-state index in [1.165, 1.54) is 81.2 Å². The van der Waals surface area contributed by atoms with Crippen molar-refractivity contribution in [1.82, 2.24) is 0 Å². The second-order valence-corrected chi connectivity index (χ2v) is 27.9. The Morgan fingerprint density at radius 2 is 1.00 bits per heavy atom. The van der Waals surface area contributed by atoms with Crippen molar-refractivity contribution in [1.29, 1.82) is 0 Å². The lowest BCUT2D eigenvalue weighted by atomic mass is 9.33. The molecule has 348 valence electrons. The van der Waals surface area contributed by atoms with Gasteiger partial charge in [0.1, 0.15) is 0 Å². The number of hydrogen-bond donors (Lipinski definition) is 0. The van der Waals surface area contributed by atoms with Gasteiger partial charge in [0, 0.05) is 58.4 Å². The minimum atomic E-state index is -2.36. The summed E-state index contributed by atoms with van der Waals surface area (Å²) < 4.78 is 30.5. The monoisotopic (exact) mass is 916 g/mol. The van der Waals surface area contributed by atoms with Crippen LogP contribution in [0.4, 0.5) is 34.1 Å². The second kappa shape index (κ2) is 13.7. The molecule has 0 radical (unpaired) electrons. The zero-order chi connectivity index (χ0) is 50.7. The van der Waals surface area contributed by atoms with Crippen LogP contribution in [0.2, 0.25) is 0 Å². The summed E-state index contributed by atoms with van der Waals surface area (Å²) in [5, 5.41) is 2.52. The molecule has 3 aliphatic carbocycles. The van der Waals surface area contributed by atoms with Crippen LogP contribution in [0.15, 0.2) is 91.0 Å². The van der Waals surface area contributed by atoms with Gasteiger partial charge in [-0.2, -0.15) is 0 Å². The van der Waals surface area contributed by atoms with Gasteiger partial charge in [-0.1, -0.05) is 140 Å². The Morgan fingerprint density at radius 1 is 0.500 bits per heavy atom. The molecule has 3 heterocycles. The number of benzene rings is 6. The average molecular weight is 916 g/mol. The van der Waals surface area contributed by atoms with Crippen LogP contribution in [0.5, 0.6) is 0 Å². The van der Waals surface area contributed by atoms with Crippen LogP contribution < -0.4 is 26.2 Å². The highest BCUT2D eigenvalue weighted by molar-refractivity contribution is 7.26. The molecule has 6 aromatic carbocycles. The van der Waals surface area contributed by atoms with E-state index in [0.29, 0.717) is 5.56 Å². The summed E-state index contributed by atoms with van der Waals surface area (Å²) in [6.07, 6.45) is 5.53. The molecule has 0 saturated carbocycles. The normalized spacial score (nSPS) is 21.5. The highest BCUT2D eigenvalue weighted by atomic mass is 32.1. The molecule has 4 heteroatoms. The molecule has 2 aliphatic heterocycles. The number of anilines is 6. The number of aryl methyl sites for hydroxylation is 1. The topological polar surface area (TPSA) is 6.48 Å². The molecule has 0 amide bonds. The molecule has 5 aliphatic rings. The predicted molar refractivity (Wildman–Crippen MR) is 298 cm³/mol. The Kier molecular flexibility index (Phi) is 8.29. The lowest BCUT2D eigenvalue weighted by Gasteiger charge is -2.48. The molecule has 2 nitrogen and oxygen atoms in total. The van der Waals surface area contributed by atoms with Gasteiger partial charge in [0.15, 0.2) is 0 Å². The van der Waals surface area contributed by atoms with Crippen molar-refractivity contribution in [3.8, 4) is 0 Å². The minimum absolute atomic E-state index is 0.0179. The van der Waals surface area contributed by atoms with Gasteiger partial charge >= 0.3 is 0 Å². The summed E-state index contributed by atoms with van der Waals surface area (Å²) in [7, 11) is 0. The molecule has 0 spiro atoms. The van der Waals surface area contributed by atoms with Gasteiger partial charge in [-0.15, -0.1) is 11.3 Å². The lowest BCUT2D eigenvalue weighted by molar-refractivity contribution is 0.332. The third kappa shape index (κ3) is 6.20. The Balaban J connectivity index is 1.26. The molecule has 7 aromatic rings. The van der Waals surface area contributed by atoms with Crippen LogP contribution >= 0.6 is 11.3 Å². The number of rotatable bonds is 2. The highest BCUT2D eigenvalue weighted by Gasteiger charge is 2.50. The summed E-state index contributed by atoms with van der Waals surface area (Å²) in [5.74, 6) is 0. The van der Waals surface area contributed by atoms with Gasteiger partial charge in [0.2, 0.25) is 0 Å². The third-order valence-electron chi connectivity index (χ3n) is 18.1. The molecular formula is C64H73BN2S. The van der Waals surface area contributed by atoms with E-state index in [1.807, 2.05) is 11.3 Å².